The van der Waals surface area contributed by atoms with Crippen molar-refractivity contribution in [2.24, 2.45) is 0 Å². The van der Waals surface area contributed by atoms with E-state index >= 15 is 0 Å². The minimum absolute atomic E-state index is 0.139. The summed E-state index contributed by atoms with van der Waals surface area (Å²) in [5, 5.41) is 23.7. The number of benzene rings is 1. The van der Waals surface area contributed by atoms with Gasteiger partial charge in [0.25, 0.3) is 0 Å². The second-order valence-electron chi connectivity index (χ2n) is 7.38. The van der Waals surface area contributed by atoms with Crippen molar-refractivity contribution in [2.75, 3.05) is 11.9 Å². The highest BCUT2D eigenvalue weighted by Crippen LogP contribution is 2.37. The molecule has 1 aliphatic carbocycles. The van der Waals surface area contributed by atoms with Gasteiger partial charge in [0, 0.05) is 40.9 Å². The van der Waals surface area contributed by atoms with E-state index in [0.717, 1.165) is 11.3 Å². The van der Waals surface area contributed by atoms with Crippen LogP contribution in [0.5, 0.6) is 0 Å². The van der Waals surface area contributed by atoms with E-state index in [9.17, 15) is 14.6 Å². The van der Waals surface area contributed by atoms with Gasteiger partial charge in [-0.15, -0.1) is 0 Å². The lowest BCUT2D eigenvalue weighted by Crippen LogP contribution is -2.18. The second-order valence-corrected chi connectivity index (χ2v) is 8.22. The number of nitrogens with zero attached hydrogens (tertiary/aromatic N) is 2. The fourth-order valence-electron chi connectivity index (χ4n) is 3.85. The molecule has 6 nitrogen and oxygen atoms in total. The zero-order valence-electron chi connectivity index (χ0n) is 15.9. The predicted molar refractivity (Wildman–Crippen MR) is 115 cm³/mol. The van der Waals surface area contributed by atoms with Gasteiger partial charge in [-0.05, 0) is 36.2 Å². The van der Waals surface area contributed by atoms with E-state index < -0.39 is 12.3 Å². The molecule has 4 unspecified atom stereocenters. The van der Waals surface area contributed by atoms with Gasteiger partial charge >= 0.3 is 0 Å². The molecular weight excluding hydrogens is 430 g/mol. The first-order valence-corrected chi connectivity index (χ1v) is 10.4. The Morgan fingerprint density at radius 1 is 1.27 bits per heavy atom. The third-order valence-electron chi connectivity index (χ3n) is 5.35. The van der Waals surface area contributed by atoms with Gasteiger partial charge < -0.3 is 20.5 Å². The Hall–Kier alpha value is -2.19. The van der Waals surface area contributed by atoms with Gasteiger partial charge in [0.1, 0.15) is 6.17 Å². The van der Waals surface area contributed by atoms with Crippen molar-refractivity contribution >= 4 is 29.2 Å². The number of H-pyrrole nitrogens is 1. The van der Waals surface area contributed by atoms with Gasteiger partial charge in [-0.1, -0.05) is 29.3 Å². The molecule has 30 heavy (non-hydrogen) atoms. The molecule has 0 bridgehead atoms. The van der Waals surface area contributed by atoms with Crippen LogP contribution in [0.2, 0.25) is 10.0 Å². The average Bonchev–Trinajstić information content (AvgIpc) is 3.35. The van der Waals surface area contributed by atoms with Gasteiger partial charge in [-0.25, -0.2) is 14.4 Å². The number of nitrogens with one attached hydrogen (secondary N) is 2. The van der Waals surface area contributed by atoms with E-state index in [0.29, 0.717) is 27.3 Å². The summed E-state index contributed by atoms with van der Waals surface area (Å²) in [4.78, 5) is 11.9. The monoisotopic (exact) mass is 450 g/mol. The first-order valence-electron chi connectivity index (χ1n) is 9.61. The highest BCUT2D eigenvalue weighted by Gasteiger charge is 2.33. The quantitative estimate of drug-likeness (QED) is 0.451. The van der Waals surface area contributed by atoms with Crippen molar-refractivity contribution in [3.8, 4) is 11.3 Å². The maximum absolute atomic E-state index is 13.6. The van der Waals surface area contributed by atoms with Crippen LogP contribution in [0.4, 0.5) is 10.3 Å². The zero-order valence-corrected chi connectivity index (χ0v) is 17.4. The molecule has 0 saturated heterocycles. The largest absolute Gasteiger partial charge is 0.395 e. The fourth-order valence-corrected chi connectivity index (χ4v) is 4.23. The lowest BCUT2D eigenvalue weighted by atomic mass is 9.90. The molecule has 1 aromatic carbocycles. The van der Waals surface area contributed by atoms with Crippen LogP contribution in [0.3, 0.4) is 0 Å². The SMILES string of the molecule is OCC(c1ccc[nH]1)c1cc(Cl)ccc1-c1nc(NC2CC(O)C(F)C2)ncc1Cl. The van der Waals surface area contributed by atoms with Crippen molar-refractivity contribution in [3.05, 3.63) is 64.0 Å². The molecule has 4 N–H and O–H groups in total. The van der Waals surface area contributed by atoms with E-state index in [1.807, 2.05) is 12.1 Å². The molecule has 2 heterocycles. The molecule has 3 aromatic rings. The Bertz CT molecular complexity index is 1010. The topological polar surface area (TPSA) is 94.1 Å². The lowest BCUT2D eigenvalue weighted by molar-refractivity contribution is 0.103. The molecule has 1 fully saturated rings. The van der Waals surface area contributed by atoms with Crippen LogP contribution in [0, 0.1) is 0 Å². The second kappa shape index (κ2) is 8.89. The van der Waals surface area contributed by atoms with Crippen LogP contribution >= 0.6 is 23.2 Å². The molecular formula is C21H21Cl2FN4O2. The summed E-state index contributed by atoms with van der Waals surface area (Å²) in [6.45, 7) is -0.139. The fraction of sp³-hybridized carbons (Fsp3) is 0.333. The molecule has 2 aromatic heterocycles. The normalized spacial score (nSPS) is 22.2. The van der Waals surface area contributed by atoms with Crippen molar-refractivity contribution in [3.63, 3.8) is 0 Å². The maximum atomic E-state index is 13.6. The zero-order chi connectivity index (χ0) is 21.3. The number of rotatable bonds is 6. The third-order valence-corrected chi connectivity index (χ3v) is 5.87. The summed E-state index contributed by atoms with van der Waals surface area (Å²) >= 11 is 12.7. The van der Waals surface area contributed by atoms with Gasteiger partial charge in [-0.2, -0.15) is 0 Å². The highest BCUT2D eigenvalue weighted by atomic mass is 35.5. The first kappa shape index (κ1) is 21.1. The number of hydrogen-bond donors (Lipinski definition) is 4. The summed E-state index contributed by atoms with van der Waals surface area (Å²) in [5.74, 6) is -0.0598. The molecule has 0 spiro atoms. The maximum Gasteiger partial charge on any atom is 0.223 e. The minimum atomic E-state index is -1.26. The number of aromatic nitrogens is 3. The number of halogens is 3. The Labute approximate surface area is 183 Å². The molecule has 1 saturated carbocycles. The summed E-state index contributed by atoms with van der Waals surface area (Å²) in [6.07, 6.45) is 1.50. The minimum Gasteiger partial charge on any atom is -0.395 e. The van der Waals surface area contributed by atoms with E-state index in [2.05, 4.69) is 20.3 Å². The third kappa shape index (κ3) is 4.30. The molecule has 158 valence electrons. The number of alkyl halides is 1. The first-order chi connectivity index (χ1) is 14.5. The Morgan fingerprint density at radius 2 is 2.10 bits per heavy atom. The van der Waals surface area contributed by atoms with Crippen LogP contribution in [0.15, 0.2) is 42.7 Å². The van der Waals surface area contributed by atoms with Gasteiger partial charge in [0.2, 0.25) is 5.95 Å². The van der Waals surface area contributed by atoms with E-state index in [-0.39, 0.29) is 31.4 Å². The molecule has 0 aliphatic heterocycles. The molecule has 4 atom stereocenters. The summed E-state index contributed by atoms with van der Waals surface area (Å²) in [5.41, 5.74) is 2.78. The number of aliphatic hydroxyl groups excluding tert-OH is 2. The standard InChI is InChI=1S/C21H21Cl2FN4O2/c22-11-3-4-13(14(6-11)15(10-29)18-2-1-5-25-18)20-16(23)9-26-21(28-20)27-12-7-17(24)19(30)8-12/h1-6,9,12,15,17,19,25,29-30H,7-8,10H2,(H,26,27,28). The number of anilines is 1. The van der Waals surface area contributed by atoms with E-state index in [1.165, 1.54) is 6.20 Å². The van der Waals surface area contributed by atoms with Crippen molar-refractivity contribution in [1.29, 1.82) is 0 Å². The van der Waals surface area contributed by atoms with Crippen LogP contribution in [0.25, 0.3) is 11.3 Å². The molecule has 4 rings (SSSR count). The summed E-state index contributed by atoms with van der Waals surface area (Å²) < 4.78 is 13.6. The predicted octanol–water partition coefficient (Wildman–Crippen LogP) is 4.18. The summed E-state index contributed by atoms with van der Waals surface area (Å²) in [7, 11) is 0. The Balaban J connectivity index is 1.72. The van der Waals surface area contributed by atoms with Crippen molar-refractivity contribution < 1.29 is 14.6 Å². The molecule has 9 heteroatoms. The van der Waals surface area contributed by atoms with Crippen molar-refractivity contribution in [1.82, 2.24) is 15.0 Å². The van der Waals surface area contributed by atoms with Crippen molar-refractivity contribution in [2.45, 2.75) is 37.1 Å². The van der Waals surface area contributed by atoms with Crippen LogP contribution in [-0.4, -0.2) is 50.1 Å². The number of aliphatic hydroxyl groups is 2. The van der Waals surface area contributed by atoms with Gasteiger partial charge in [-0.3, -0.25) is 0 Å². The van der Waals surface area contributed by atoms with E-state index in [1.54, 1.807) is 24.4 Å². The van der Waals surface area contributed by atoms with E-state index in [4.69, 9.17) is 23.2 Å². The van der Waals surface area contributed by atoms with Crippen LogP contribution in [0.1, 0.15) is 30.0 Å². The molecule has 0 amide bonds. The number of hydrogen-bond acceptors (Lipinski definition) is 5. The average molecular weight is 451 g/mol. The number of aromatic amines is 1. The van der Waals surface area contributed by atoms with Crippen LogP contribution < -0.4 is 5.32 Å². The van der Waals surface area contributed by atoms with Gasteiger partial charge in [0.05, 0.1) is 29.6 Å². The Kier molecular flexibility index (Phi) is 6.24. The van der Waals surface area contributed by atoms with Gasteiger partial charge in [0.15, 0.2) is 0 Å². The lowest BCUT2D eigenvalue weighted by Gasteiger charge is -2.19. The van der Waals surface area contributed by atoms with Crippen LogP contribution in [-0.2, 0) is 0 Å². The smallest absolute Gasteiger partial charge is 0.223 e. The molecule has 0 radical (unpaired) electrons. The summed E-state index contributed by atoms with van der Waals surface area (Å²) in [6, 6.07) is 8.80. The Morgan fingerprint density at radius 3 is 2.77 bits per heavy atom. The highest BCUT2D eigenvalue weighted by molar-refractivity contribution is 6.33. The molecule has 1 aliphatic rings.